The van der Waals surface area contributed by atoms with Crippen LogP contribution in [-0.4, -0.2) is 57.7 Å². The van der Waals surface area contributed by atoms with Crippen molar-refractivity contribution in [3.8, 4) is 0 Å². The molecule has 1 aromatic heterocycles. The lowest BCUT2D eigenvalue weighted by Gasteiger charge is -2.29. The smallest absolute Gasteiger partial charge is 0.251 e. The third-order valence-corrected chi connectivity index (χ3v) is 5.44. The number of benzene rings is 1. The van der Waals surface area contributed by atoms with Crippen molar-refractivity contribution in [3.05, 3.63) is 47.5 Å². The molecule has 2 atom stereocenters. The molecule has 1 aromatic carbocycles. The summed E-state index contributed by atoms with van der Waals surface area (Å²) in [4.78, 5) is 32.0. The molecule has 3 heterocycles. The molecular weight excluding hydrogens is 358 g/mol. The number of carbonyl (C=O) groups is 2. The Hall–Kier alpha value is -2.74. The van der Waals surface area contributed by atoms with Crippen molar-refractivity contribution >= 4 is 11.8 Å². The van der Waals surface area contributed by atoms with Crippen molar-refractivity contribution in [2.45, 2.75) is 38.3 Å². The van der Waals surface area contributed by atoms with Gasteiger partial charge in [0.2, 0.25) is 5.91 Å². The Kier molecular flexibility index (Phi) is 5.38. The minimum absolute atomic E-state index is 0.0418. The summed E-state index contributed by atoms with van der Waals surface area (Å²) in [7, 11) is 0. The molecule has 2 aromatic rings. The number of rotatable bonds is 4. The number of nitrogens with zero attached hydrogens (tertiary/aromatic N) is 3. The second-order valence-corrected chi connectivity index (χ2v) is 7.44. The SMILES string of the molecule is Cc1nc([C@@H]2C[C@H](NC(=O)c3ccccc3)CN2C(=O)C2CCOCC2)n[nH]1. The highest BCUT2D eigenvalue weighted by atomic mass is 16.5. The van der Waals surface area contributed by atoms with Gasteiger partial charge in [-0.1, -0.05) is 18.2 Å². The lowest BCUT2D eigenvalue weighted by molar-refractivity contribution is -0.139. The zero-order valence-corrected chi connectivity index (χ0v) is 15.9. The molecule has 2 amide bonds. The number of amides is 2. The number of aromatic nitrogens is 3. The number of aromatic amines is 1. The summed E-state index contributed by atoms with van der Waals surface area (Å²) in [5.41, 5.74) is 0.613. The van der Waals surface area contributed by atoms with E-state index < -0.39 is 0 Å². The van der Waals surface area contributed by atoms with Crippen LogP contribution in [-0.2, 0) is 9.53 Å². The molecule has 0 bridgehead atoms. The maximum atomic E-state index is 13.2. The normalized spacial score (nSPS) is 23.0. The van der Waals surface area contributed by atoms with Crippen LogP contribution in [0.2, 0.25) is 0 Å². The van der Waals surface area contributed by atoms with Crippen LogP contribution in [0.5, 0.6) is 0 Å². The molecule has 4 rings (SSSR count). The van der Waals surface area contributed by atoms with Gasteiger partial charge in [0.15, 0.2) is 5.82 Å². The van der Waals surface area contributed by atoms with E-state index in [1.807, 2.05) is 30.0 Å². The van der Waals surface area contributed by atoms with Crippen LogP contribution in [0.25, 0.3) is 0 Å². The second-order valence-electron chi connectivity index (χ2n) is 7.44. The van der Waals surface area contributed by atoms with Crippen molar-refractivity contribution in [1.29, 1.82) is 0 Å². The summed E-state index contributed by atoms with van der Waals surface area (Å²) in [6.45, 7) is 3.53. The largest absolute Gasteiger partial charge is 0.381 e. The Balaban J connectivity index is 1.51. The van der Waals surface area contributed by atoms with E-state index in [1.165, 1.54) is 0 Å². The minimum atomic E-state index is -0.235. The maximum Gasteiger partial charge on any atom is 0.251 e. The van der Waals surface area contributed by atoms with Gasteiger partial charge in [-0.25, -0.2) is 4.98 Å². The van der Waals surface area contributed by atoms with E-state index in [-0.39, 0.29) is 29.8 Å². The summed E-state index contributed by atoms with van der Waals surface area (Å²) in [6.07, 6.45) is 2.07. The van der Waals surface area contributed by atoms with Crippen molar-refractivity contribution in [1.82, 2.24) is 25.4 Å². The fourth-order valence-electron chi connectivity index (χ4n) is 3.98. The van der Waals surface area contributed by atoms with Gasteiger partial charge in [0.25, 0.3) is 5.91 Å². The van der Waals surface area contributed by atoms with Gasteiger partial charge < -0.3 is 15.0 Å². The summed E-state index contributed by atoms with van der Waals surface area (Å²) in [5.74, 6) is 1.25. The zero-order valence-electron chi connectivity index (χ0n) is 15.9. The average molecular weight is 383 g/mol. The number of likely N-dealkylation sites (tertiary alicyclic amines) is 1. The zero-order chi connectivity index (χ0) is 19.5. The Labute approximate surface area is 163 Å². The number of ether oxygens (including phenoxy) is 1. The molecule has 2 aliphatic rings. The van der Waals surface area contributed by atoms with Gasteiger partial charge in [-0.15, -0.1) is 0 Å². The number of hydrogen-bond donors (Lipinski definition) is 2. The fourth-order valence-corrected chi connectivity index (χ4v) is 3.98. The molecule has 2 saturated heterocycles. The highest BCUT2D eigenvalue weighted by Crippen LogP contribution is 2.33. The quantitative estimate of drug-likeness (QED) is 0.836. The van der Waals surface area contributed by atoms with E-state index in [9.17, 15) is 9.59 Å². The predicted octanol–water partition coefficient (Wildman–Crippen LogP) is 1.61. The van der Waals surface area contributed by atoms with Crippen LogP contribution < -0.4 is 5.32 Å². The van der Waals surface area contributed by atoms with Crippen molar-refractivity contribution < 1.29 is 14.3 Å². The van der Waals surface area contributed by atoms with Gasteiger partial charge in [-0.3, -0.25) is 14.7 Å². The van der Waals surface area contributed by atoms with Crippen molar-refractivity contribution in [2.24, 2.45) is 5.92 Å². The highest BCUT2D eigenvalue weighted by molar-refractivity contribution is 5.94. The van der Waals surface area contributed by atoms with Crippen molar-refractivity contribution in [2.75, 3.05) is 19.8 Å². The molecule has 8 heteroatoms. The summed E-state index contributed by atoms with van der Waals surface area (Å²) in [6, 6.07) is 8.74. The average Bonchev–Trinajstić information content (AvgIpc) is 3.35. The molecule has 2 N–H and O–H groups in total. The van der Waals surface area contributed by atoms with E-state index in [0.29, 0.717) is 43.4 Å². The van der Waals surface area contributed by atoms with Crippen LogP contribution in [0.3, 0.4) is 0 Å². The Bertz CT molecular complexity index is 831. The van der Waals surface area contributed by atoms with Crippen LogP contribution in [0.4, 0.5) is 0 Å². The first-order valence-electron chi connectivity index (χ1n) is 9.75. The number of nitrogens with one attached hydrogen (secondary N) is 2. The van der Waals surface area contributed by atoms with Crippen molar-refractivity contribution in [3.63, 3.8) is 0 Å². The Morgan fingerprint density at radius 3 is 2.64 bits per heavy atom. The molecule has 0 spiro atoms. The third-order valence-electron chi connectivity index (χ3n) is 5.44. The number of carbonyl (C=O) groups excluding carboxylic acids is 2. The molecular formula is C20H25N5O3. The van der Waals surface area contributed by atoms with Crippen LogP contribution in [0, 0.1) is 12.8 Å². The summed E-state index contributed by atoms with van der Waals surface area (Å²) >= 11 is 0. The second kappa shape index (κ2) is 8.10. The molecule has 28 heavy (non-hydrogen) atoms. The van der Waals surface area contributed by atoms with Gasteiger partial charge >= 0.3 is 0 Å². The highest BCUT2D eigenvalue weighted by Gasteiger charge is 2.41. The van der Waals surface area contributed by atoms with Crippen LogP contribution in [0.15, 0.2) is 30.3 Å². The maximum absolute atomic E-state index is 13.2. The van der Waals surface area contributed by atoms with E-state index in [2.05, 4.69) is 20.5 Å². The molecule has 2 aliphatic heterocycles. The predicted molar refractivity (Wildman–Crippen MR) is 101 cm³/mol. The standard InChI is InChI=1S/C20H25N5O3/c1-13-21-18(24-23-13)17-11-16(22-19(26)14-5-3-2-4-6-14)12-25(17)20(27)15-7-9-28-10-8-15/h2-6,15-17H,7-12H2,1H3,(H,22,26)(H,21,23,24)/t16-,17-/m0/s1. The van der Waals surface area contributed by atoms with Gasteiger partial charge in [0.05, 0.1) is 6.04 Å². The molecule has 0 radical (unpaired) electrons. The first-order chi connectivity index (χ1) is 13.6. The number of aryl methyl sites for hydroxylation is 1. The monoisotopic (exact) mass is 383 g/mol. The summed E-state index contributed by atoms with van der Waals surface area (Å²) in [5, 5.41) is 10.2. The van der Waals surface area contributed by atoms with Gasteiger partial charge in [-0.2, -0.15) is 5.10 Å². The molecule has 8 nitrogen and oxygen atoms in total. The molecule has 2 fully saturated rings. The summed E-state index contributed by atoms with van der Waals surface area (Å²) < 4.78 is 5.39. The van der Waals surface area contributed by atoms with E-state index in [4.69, 9.17) is 4.74 Å². The minimum Gasteiger partial charge on any atom is -0.381 e. The van der Waals surface area contributed by atoms with E-state index >= 15 is 0 Å². The lowest BCUT2D eigenvalue weighted by atomic mass is 9.98. The Morgan fingerprint density at radius 1 is 1.21 bits per heavy atom. The number of H-pyrrole nitrogens is 1. The molecule has 0 saturated carbocycles. The van der Waals surface area contributed by atoms with Crippen LogP contribution >= 0.6 is 0 Å². The van der Waals surface area contributed by atoms with Gasteiger partial charge in [0, 0.05) is 37.3 Å². The van der Waals surface area contributed by atoms with Crippen LogP contribution in [0.1, 0.15) is 47.3 Å². The number of hydrogen-bond acceptors (Lipinski definition) is 5. The molecule has 0 aliphatic carbocycles. The first kappa shape index (κ1) is 18.6. The topological polar surface area (TPSA) is 100 Å². The van der Waals surface area contributed by atoms with E-state index in [1.54, 1.807) is 12.1 Å². The lowest BCUT2D eigenvalue weighted by Crippen LogP contribution is -2.41. The Morgan fingerprint density at radius 2 is 1.96 bits per heavy atom. The van der Waals surface area contributed by atoms with Gasteiger partial charge in [-0.05, 0) is 38.3 Å². The first-order valence-corrected chi connectivity index (χ1v) is 9.75. The third kappa shape index (κ3) is 3.91. The van der Waals surface area contributed by atoms with Gasteiger partial charge in [0.1, 0.15) is 5.82 Å². The molecule has 0 unspecified atom stereocenters. The molecule has 148 valence electrons. The van der Waals surface area contributed by atoms with E-state index in [0.717, 1.165) is 12.8 Å². The fraction of sp³-hybridized carbons (Fsp3) is 0.500.